The third kappa shape index (κ3) is 7.42. The summed E-state index contributed by atoms with van der Waals surface area (Å²) >= 11 is 0. The third-order valence-electron chi connectivity index (χ3n) is 10.3. The predicted molar refractivity (Wildman–Crippen MR) is 217 cm³/mol. The van der Waals surface area contributed by atoms with Crippen LogP contribution in [-0.4, -0.2) is 6.15 Å². The van der Waals surface area contributed by atoms with Crippen molar-refractivity contribution in [1.82, 2.24) is 0 Å². The lowest BCUT2D eigenvalue weighted by Gasteiger charge is -2.44. The minimum Gasteiger partial charge on any atom is -0.195 e. The summed E-state index contributed by atoms with van der Waals surface area (Å²) in [7, 11) is -0.0278. The van der Waals surface area contributed by atoms with E-state index in [1.165, 1.54) is 74.2 Å². The van der Waals surface area contributed by atoms with E-state index < -0.39 is 6.15 Å². The molecule has 1 aliphatic carbocycles. The van der Waals surface area contributed by atoms with Crippen LogP contribution in [0.15, 0.2) is 221 Å². The van der Waals surface area contributed by atoms with Gasteiger partial charge in [0.15, 0.2) is 14.7 Å². The van der Waals surface area contributed by atoms with Crippen molar-refractivity contribution in [3.63, 3.8) is 0 Å². The summed E-state index contributed by atoms with van der Waals surface area (Å²) in [5.41, 5.74) is 6.89. The van der Waals surface area contributed by atoms with Crippen LogP contribution < -0.4 is 21.9 Å². The number of rotatable bonds is 8. The molecule has 0 nitrogen and oxygen atoms in total. The summed E-state index contributed by atoms with van der Waals surface area (Å²) in [6, 6.07) is 74.8. The lowest BCUT2D eigenvalue weighted by atomic mass is 9.13. The van der Waals surface area contributed by atoms with Crippen molar-refractivity contribution < 1.29 is 0 Å². The second-order valence-corrected chi connectivity index (χ2v) is 15.4. The van der Waals surface area contributed by atoms with E-state index >= 15 is 0 Å². The van der Waals surface area contributed by atoms with Crippen molar-refractivity contribution in [2.24, 2.45) is 0 Å². The molecular weight excluding hydrogens is 619 g/mol. The van der Waals surface area contributed by atoms with E-state index in [0.29, 0.717) is 0 Å². The SMILES string of the molecule is c1ccc([B-](c2ccccc2)(c2ccccc2)c2ccccc2)cc1.c1ccc([S+](c2ccccc2)c2ccc(C3CCCCC3)cc2)cc1. The van der Waals surface area contributed by atoms with Crippen LogP contribution in [0.4, 0.5) is 0 Å². The second kappa shape index (κ2) is 16.6. The maximum absolute atomic E-state index is 2.39. The fourth-order valence-corrected chi connectivity index (χ4v) is 10.0. The molecule has 1 fully saturated rings. The molecule has 1 aliphatic rings. The highest BCUT2D eigenvalue weighted by molar-refractivity contribution is 7.97. The van der Waals surface area contributed by atoms with Crippen LogP contribution in [0.25, 0.3) is 0 Å². The van der Waals surface area contributed by atoms with Crippen LogP contribution >= 0.6 is 0 Å². The van der Waals surface area contributed by atoms with Gasteiger partial charge in [-0.3, -0.25) is 0 Å². The van der Waals surface area contributed by atoms with Crippen LogP contribution in [-0.2, 0) is 10.9 Å². The molecule has 7 aromatic rings. The van der Waals surface area contributed by atoms with Gasteiger partial charge in [0.05, 0.1) is 10.9 Å². The van der Waals surface area contributed by atoms with Gasteiger partial charge in [-0.25, -0.2) is 0 Å². The summed E-state index contributed by atoms with van der Waals surface area (Å²) in [6.45, 7) is 0. The molecule has 0 atom stereocenters. The summed E-state index contributed by atoms with van der Waals surface area (Å²) in [6.07, 6.45) is 5.72. The Morgan fingerprint density at radius 2 is 0.620 bits per heavy atom. The zero-order valence-corrected chi connectivity index (χ0v) is 29.5. The Kier molecular flexibility index (Phi) is 11.1. The van der Waals surface area contributed by atoms with Crippen LogP contribution in [0.2, 0.25) is 0 Å². The average Bonchev–Trinajstić information content (AvgIpc) is 3.22. The van der Waals surface area contributed by atoms with Crippen LogP contribution in [0, 0.1) is 0 Å². The molecule has 7 aromatic carbocycles. The molecule has 2 heteroatoms. The molecule has 0 radical (unpaired) electrons. The van der Waals surface area contributed by atoms with E-state index in [0.717, 1.165) is 5.92 Å². The average molecular weight is 665 g/mol. The Labute approximate surface area is 302 Å². The Balaban J connectivity index is 0.000000157. The lowest BCUT2D eigenvalue weighted by Crippen LogP contribution is -2.74. The molecule has 0 unspecified atom stereocenters. The molecule has 0 bridgehead atoms. The number of hydrogen-bond acceptors (Lipinski definition) is 0. The van der Waals surface area contributed by atoms with Gasteiger partial charge in [0, 0.05) is 0 Å². The van der Waals surface area contributed by atoms with Crippen LogP contribution in [0.3, 0.4) is 0 Å². The maximum atomic E-state index is 2.39. The largest absolute Gasteiger partial charge is 0.195 e. The third-order valence-corrected chi connectivity index (χ3v) is 12.6. The van der Waals surface area contributed by atoms with Crippen molar-refractivity contribution >= 4 is 38.9 Å². The molecule has 50 heavy (non-hydrogen) atoms. The van der Waals surface area contributed by atoms with Crippen LogP contribution in [0.5, 0.6) is 0 Å². The molecule has 0 aromatic heterocycles. The zero-order valence-electron chi connectivity index (χ0n) is 28.7. The fraction of sp³-hybridized carbons (Fsp3) is 0.125. The fourth-order valence-electron chi connectivity index (χ4n) is 7.95. The van der Waals surface area contributed by atoms with E-state index in [2.05, 4.69) is 206 Å². The van der Waals surface area contributed by atoms with Crippen LogP contribution in [0.1, 0.15) is 43.6 Å². The molecular formula is C48H45BS. The summed E-state index contributed by atoms with van der Waals surface area (Å²) in [4.78, 5) is 4.19. The van der Waals surface area contributed by atoms with Gasteiger partial charge in [-0.2, -0.15) is 21.9 Å². The van der Waals surface area contributed by atoms with Gasteiger partial charge in [0.1, 0.15) is 6.15 Å². The molecule has 0 aliphatic heterocycles. The highest BCUT2D eigenvalue weighted by atomic mass is 32.2. The first-order valence-corrected chi connectivity index (χ1v) is 19.4. The standard InChI is InChI=1S/C24H20B.C24H25S/c1-5-13-21(14-6-1)25(22-15-7-2-8-16-22,23-17-9-3-10-18-23)24-19-11-4-12-20-24;1-4-10-20(11-5-1)21-16-18-24(19-17-21)25(22-12-6-2-7-13-22)23-14-8-3-9-15-23/h1-20H;2-3,6-9,12-20H,1,4-5,10-11H2/q-1;+1. The molecule has 0 amide bonds. The van der Waals surface area contributed by atoms with E-state index in [-0.39, 0.29) is 10.9 Å². The lowest BCUT2D eigenvalue weighted by molar-refractivity contribution is 0.443. The van der Waals surface area contributed by atoms with Gasteiger partial charge in [-0.05, 0) is 60.7 Å². The van der Waals surface area contributed by atoms with Crippen molar-refractivity contribution in [3.05, 3.63) is 212 Å². The highest BCUT2D eigenvalue weighted by Crippen LogP contribution is 2.35. The monoisotopic (exact) mass is 664 g/mol. The maximum Gasteiger partial charge on any atom is 0.166 e. The van der Waals surface area contributed by atoms with Gasteiger partial charge < -0.3 is 0 Å². The van der Waals surface area contributed by atoms with Gasteiger partial charge in [-0.1, -0.05) is 189 Å². The molecule has 8 rings (SSSR count). The molecule has 0 heterocycles. The van der Waals surface area contributed by atoms with Gasteiger partial charge >= 0.3 is 0 Å². The van der Waals surface area contributed by atoms with Gasteiger partial charge in [-0.15, -0.1) is 0 Å². The topological polar surface area (TPSA) is 0 Å². The van der Waals surface area contributed by atoms with Crippen molar-refractivity contribution in [3.8, 4) is 0 Å². The second-order valence-electron chi connectivity index (χ2n) is 13.3. The molecule has 0 N–H and O–H groups in total. The van der Waals surface area contributed by atoms with Crippen molar-refractivity contribution in [2.45, 2.75) is 52.7 Å². The van der Waals surface area contributed by atoms with Crippen molar-refractivity contribution in [2.75, 3.05) is 0 Å². The summed E-state index contributed by atoms with van der Waals surface area (Å²) < 4.78 is 0. The first-order chi connectivity index (χ1) is 24.8. The molecule has 1 saturated carbocycles. The Morgan fingerprint density at radius 1 is 0.320 bits per heavy atom. The van der Waals surface area contributed by atoms with E-state index in [4.69, 9.17) is 0 Å². The first kappa shape index (κ1) is 33.5. The Morgan fingerprint density at radius 3 is 0.960 bits per heavy atom. The van der Waals surface area contributed by atoms with E-state index in [1.54, 1.807) is 0 Å². The smallest absolute Gasteiger partial charge is 0.166 e. The zero-order chi connectivity index (χ0) is 33.9. The predicted octanol–water partition coefficient (Wildman–Crippen LogP) is 9.89. The Bertz CT molecular complexity index is 1790. The first-order valence-electron chi connectivity index (χ1n) is 18.2. The molecule has 246 valence electrons. The van der Waals surface area contributed by atoms with Gasteiger partial charge in [0.25, 0.3) is 0 Å². The normalized spacial score (nSPS) is 13.3. The number of hydrogen-bond donors (Lipinski definition) is 0. The summed E-state index contributed by atoms with van der Waals surface area (Å²) in [5, 5.41) is 0. The molecule has 0 spiro atoms. The van der Waals surface area contributed by atoms with E-state index in [9.17, 15) is 0 Å². The number of benzene rings is 7. The molecule has 0 saturated heterocycles. The van der Waals surface area contributed by atoms with Crippen molar-refractivity contribution in [1.29, 1.82) is 0 Å². The minimum absolute atomic E-state index is 0.0278. The quantitative estimate of drug-likeness (QED) is 0.112. The summed E-state index contributed by atoms with van der Waals surface area (Å²) in [5.74, 6) is 0.776. The highest BCUT2D eigenvalue weighted by Gasteiger charge is 2.31. The Hall–Kier alpha value is -5.05. The minimum atomic E-state index is -1.22. The van der Waals surface area contributed by atoms with Gasteiger partial charge in [0.2, 0.25) is 0 Å². The van der Waals surface area contributed by atoms with E-state index in [1.807, 2.05) is 0 Å².